The van der Waals surface area contributed by atoms with Gasteiger partial charge in [-0.05, 0) is 36.9 Å². The molecule has 1 aromatic rings. The fourth-order valence-corrected chi connectivity index (χ4v) is 4.52. The zero-order chi connectivity index (χ0) is 18.7. The number of nitrogens with one attached hydrogen (secondary N) is 1. The van der Waals surface area contributed by atoms with Crippen molar-refractivity contribution in [3.8, 4) is 5.75 Å². The van der Waals surface area contributed by atoms with E-state index in [9.17, 15) is 4.79 Å². The molecule has 1 aliphatic carbocycles. The van der Waals surface area contributed by atoms with Crippen LogP contribution in [0.3, 0.4) is 0 Å². The van der Waals surface area contributed by atoms with E-state index in [0.717, 1.165) is 47.9 Å². The highest BCUT2D eigenvalue weighted by atomic mass is 32.2. The Morgan fingerprint density at radius 1 is 1.31 bits per heavy atom. The van der Waals surface area contributed by atoms with Crippen molar-refractivity contribution < 1.29 is 9.53 Å². The molecule has 0 saturated heterocycles. The molecule has 1 heterocycles. The normalized spacial score (nSPS) is 18.8. The third kappa shape index (κ3) is 3.60. The Labute approximate surface area is 160 Å². The van der Waals surface area contributed by atoms with Gasteiger partial charge in [-0.25, -0.2) is 0 Å². The number of thioether (sulfide) groups is 1. The number of fused-ring (bicyclic) bond motifs is 2. The van der Waals surface area contributed by atoms with E-state index < -0.39 is 0 Å². The summed E-state index contributed by atoms with van der Waals surface area (Å²) in [6.07, 6.45) is 4.09. The first kappa shape index (κ1) is 18.8. The van der Waals surface area contributed by atoms with Gasteiger partial charge in [0.15, 0.2) is 5.78 Å². The van der Waals surface area contributed by atoms with Gasteiger partial charge >= 0.3 is 0 Å². The Kier molecular flexibility index (Phi) is 5.89. The van der Waals surface area contributed by atoms with Crippen LogP contribution < -0.4 is 10.1 Å². The summed E-state index contributed by atoms with van der Waals surface area (Å²) in [7, 11) is 1.62. The summed E-state index contributed by atoms with van der Waals surface area (Å²) in [4.78, 5) is 16.6. The predicted octanol–water partition coefficient (Wildman–Crippen LogP) is 3.66. The SMILES string of the molecule is C=C1C=CC2Sc3ccc(OC)cc3C(=O)C2=C1NCCN(CC)CC. The second-order valence-electron chi connectivity index (χ2n) is 6.36. The van der Waals surface area contributed by atoms with Gasteiger partial charge in [0.1, 0.15) is 5.75 Å². The first-order valence-electron chi connectivity index (χ1n) is 9.06. The molecule has 0 saturated carbocycles. The second kappa shape index (κ2) is 8.14. The van der Waals surface area contributed by atoms with Gasteiger partial charge in [0.25, 0.3) is 0 Å². The fourth-order valence-electron chi connectivity index (χ4n) is 3.33. The largest absolute Gasteiger partial charge is 0.497 e. The van der Waals surface area contributed by atoms with E-state index in [0.29, 0.717) is 11.3 Å². The molecule has 3 rings (SSSR count). The number of methoxy groups -OCH3 is 1. The van der Waals surface area contributed by atoms with Crippen LogP contribution in [0.1, 0.15) is 24.2 Å². The summed E-state index contributed by atoms with van der Waals surface area (Å²) in [6, 6.07) is 5.71. The molecular formula is C21H26N2O2S. The molecule has 1 aliphatic heterocycles. The average Bonchev–Trinajstić information content (AvgIpc) is 2.67. The summed E-state index contributed by atoms with van der Waals surface area (Å²) in [5.74, 6) is 0.774. The fraction of sp³-hybridized carbons (Fsp3) is 0.381. The number of rotatable bonds is 7. The number of likely N-dealkylation sites (N-methyl/N-ethyl adjacent to an activating group) is 1. The van der Waals surface area contributed by atoms with E-state index >= 15 is 0 Å². The smallest absolute Gasteiger partial charge is 0.193 e. The van der Waals surface area contributed by atoms with Gasteiger partial charge in [0, 0.05) is 34.8 Å². The topological polar surface area (TPSA) is 41.6 Å². The van der Waals surface area contributed by atoms with E-state index in [4.69, 9.17) is 4.74 Å². The number of Topliss-reactive ketones (excluding diaryl/α,β-unsaturated/α-hetero) is 1. The lowest BCUT2D eigenvalue weighted by Crippen LogP contribution is -2.35. The molecule has 2 aliphatic rings. The first-order valence-corrected chi connectivity index (χ1v) is 9.94. The number of nitrogens with zero attached hydrogens (tertiary/aromatic N) is 1. The molecule has 26 heavy (non-hydrogen) atoms. The van der Waals surface area contributed by atoms with Crippen LogP contribution in [0.25, 0.3) is 0 Å². The molecule has 0 spiro atoms. The van der Waals surface area contributed by atoms with Gasteiger partial charge in [-0.2, -0.15) is 0 Å². The molecule has 1 aromatic carbocycles. The van der Waals surface area contributed by atoms with E-state index in [1.165, 1.54) is 0 Å². The van der Waals surface area contributed by atoms with Crippen molar-refractivity contribution in [2.45, 2.75) is 24.0 Å². The van der Waals surface area contributed by atoms with Crippen molar-refractivity contribution >= 4 is 17.5 Å². The van der Waals surface area contributed by atoms with Crippen molar-refractivity contribution in [2.24, 2.45) is 0 Å². The maximum Gasteiger partial charge on any atom is 0.193 e. The van der Waals surface area contributed by atoms with Crippen LogP contribution in [0.5, 0.6) is 5.75 Å². The van der Waals surface area contributed by atoms with Crippen molar-refractivity contribution in [3.63, 3.8) is 0 Å². The van der Waals surface area contributed by atoms with Gasteiger partial charge < -0.3 is 15.0 Å². The quantitative estimate of drug-likeness (QED) is 0.793. The number of hydrogen-bond acceptors (Lipinski definition) is 5. The molecule has 138 valence electrons. The molecule has 1 atom stereocenters. The highest BCUT2D eigenvalue weighted by Crippen LogP contribution is 2.43. The molecule has 1 N–H and O–H groups in total. The van der Waals surface area contributed by atoms with Crippen molar-refractivity contribution in [1.29, 1.82) is 0 Å². The Balaban J connectivity index is 1.89. The molecular weight excluding hydrogens is 344 g/mol. The highest BCUT2D eigenvalue weighted by molar-refractivity contribution is 8.00. The molecule has 5 heteroatoms. The van der Waals surface area contributed by atoms with Crippen LogP contribution in [-0.4, -0.2) is 49.2 Å². The van der Waals surface area contributed by atoms with Gasteiger partial charge in [0.05, 0.1) is 12.4 Å². The third-order valence-corrected chi connectivity index (χ3v) is 6.16. The molecule has 1 unspecified atom stereocenters. The summed E-state index contributed by atoms with van der Waals surface area (Å²) in [5.41, 5.74) is 3.28. The number of carbonyl (C=O) groups excluding carboxylic acids is 1. The minimum Gasteiger partial charge on any atom is -0.497 e. The summed E-state index contributed by atoms with van der Waals surface area (Å²) >= 11 is 1.71. The lowest BCUT2D eigenvalue weighted by atomic mass is 9.91. The number of benzene rings is 1. The van der Waals surface area contributed by atoms with E-state index in [-0.39, 0.29) is 11.0 Å². The lowest BCUT2D eigenvalue weighted by Gasteiger charge is -2.30. The van der Waals surface area contributed by atoms with Crippen molar-refractivity contribution in [2.75, 3.05) is 33.3 Å². The van der Waals surface area contributed by atoms with Gasteiger partial charge in [-0.15, -0.1) is 11.8 Å². The zero-order valence-corrected chi connectivity index (χ0v) is 16.5. The number of hydrogen-bond donors (Lipinski definition) is 1. The summed E-state index contributed by atoms with van der Waals surface area (Å²) in [6.45, 7) is 12.2. The number of ether oxygens (including phenoxy) is 1. The summed E-state index contributed by atoms with van der Waals surface area (Å²) < 4.78 is 5.30. The maximum absolute atomic E-state index is 13.2. The summed E-state index contributed by atoms with van der Waals surface area (Å²) in [5, 5.41) is 3.51. The van der Waals surface area contributed by atoms with Crippen LogP contribution >= 0.6 is 11.8 Å². The van der Waals surface area contributed by atoms with Crippen LogP contribution in [0.15, 0.2) is 58.7 Å². The van der Waals surface area contributed by atoms with Crippen LogP contribution in [0, 0.1) is 0 Å². The number of carbonyl (C=O) groups is 1. The maximum atomic E-state index is 13.2. The molecule has 0 aromatic heterocycles. The molecule has 0 bridgehead atoms. The van der Waals surface area contributed by atoms with Crippen molar-refractivity contribution in [1.82, 2.24) is 10.2 Å². The Hall–Kier alpha value is -1.98. The van der Waals surface area contributed by atoms with E-state index in [1.807, 2.05) is 24.3 Å². The third-order valence-electron chi connectivity index (χ3n) is 4.90. The monoisotopic (exact) mass is 370 g/mol. The van der Waals surface area contributed by atoms with Crippen molar-refractivity contribution in [3.05, 3.63) is 59.3 Å². The minimum absolute atomic E-state index is 0.0323. The first-order chi connectivity index (χ1) is 12.6. The minimum atomic E-state index is 0.0323. The predicted molar refractivity (Wildman–Crippen MR) is 108 cm³/mol. The lowest BCUT2D eigenvalue weighted by molar-refractivity contribution is 0.102. The van der Waals surface area contributed by atoms with Crippen LogP contribution in [0.2, 0.25) is 0 Å². The van der Waals surface area contributed by atoms with E-state index in [2.05, 4.69) is 36.7 Å². The standard InChI is InChI=1S/C21H26N2O2S/c1-5-23(6-2)12-11-22-20-14(3)7-9-18-19(20)21(24)16-13-15(25-4)8-10-17(16)26-18/h7-10,13,18,22H,3,5-6,11-12H2,1-2,4H3. The molecule has 0 fully saturated rings. The molecule has 4 nitrogen and oxygen atoms in total. The molecule has 0 radical (unpaired) electrons. The average molecular weight is 371 g/mol. The Morgan fingerprint density at radius 3 is 2.77 bits per heavy atom. The van der Waals surface area contributed by atoms with Gasteiger partial charge in [-0.1, -0.05) is 32.6 Å². The number of allylic oxidation sites excluding steroid dienone is 1. The Morgan fingerprint density at radius 2 is 2.08 bits per heavy atom. The second-order valence-corrected chi connectivity index (χ2v) is 7.54. The number of ketones is 1. The zero-order valence-electron chi connectivity index (χ0n) is 15.7. The molecule has 0 amide bonds. The van der Waals surface area contributed by atoms with E-state index in [1.54, 1.807) is 18.9 Å². The highest BCUT2D eigenvalue weighted by Gasteiger charge is 2.34. The van der Waals surface area contributed by atoms with Crippen LogP contribution in [0.4, 0.5) is 0 Å². The van der Waals surface area contributed by atoms with Crippen LogP contribution in [-0.2, 0) is 0 Å². The van der Waals surface area contributed by atoms with Gasteiger partial charge in [-0.3, -0.25) is 4.79 Å². The van der Waals surface area contributed by atoms with Gasteiger partial charge in [0.2, 0.25) is 0 Å². The Bertz CT molecular complexity index is 778.